The van der Waals surface area contributed by atoms with Gasteiger partial charge in [-0.15, -0.1) is 11.3 Å². The topological polar surface area (TPSA) is 83.5 Å². The van der Waals surface area contributed by atoms with E-state index in [0.29, 0.717) is 0 Å². The second-order valence-corrected chi connectivity index (χ2v) is 6.65. The van der Waals surface area contributed by atoms with Gasteiger partial charge in [0.05, 0.1) is 10.5 Å². The molecule has 0 aliphatic rings. The average molecular weight is 315 g/mol. The van der Waals surface area contributed by atoms with Crippen LogP contribution in [-0.4, -0.2) is 19.5 Å². The number of carboxylic acid groups (broad SMARTS) is 1. The second-order valence-electron chi connectivity index (χ2n) is 3.85. The first-order valence-electron chi connectivity index (χ1n) is 5.45. The number of halogens is 1. The molecule has 0 unspecified atom stereocenters. The van der Waals surface area contributed by atoms with Gasteiger partial charge in [-0.2, -0.15) is 0 Å². The van der Waals surface area contributed by atoms with E-state index < -0.39 is 27.4 Å². The van der Waals surface area contributed by atoms with Crippen molar-refractivity contribution in [2.24, 2.45) is 0 Å². The lowest BCUT2D eigenvalue weighted by Gasteiger charge is -2.07. The van der Waals surface area contributed by atoms with Crippen molar-refractivity contribution in [2.75, 3.05) is 0 Å². The lowest BCUT2D eigenvalue weighted by molar-refractivity contribution is 0.0691. The van der Waals surface area contributed by atoms with Crippen LogP contribution in [0.3, 0.4) is 0 Å². The smallest absolute Gasteiger partial charge is 0.338 e. The van der Waals surface area contributed by atoms with Crippen LogP contribution in [0.1, 0.15) is 15.2 Å². The summed E-state index contributed by atoms with van der Waals surface area (Å²) in [5.41, 5.74) is -0.677. The molecule has 0 saturated carbocycles. The van der Waals surface area contributed by atoms with E-state index in [1.165, 1.54) is 11.3 Å². The maximum absolute atomic E-state index is 13.2. The van der Waals surface area contributed by atoms with Crippen molar-refractivity contribution in [1.29, 1.82) is 0 Å². The van der Waals surface area contributed by atoms with Gasteiger partial charge in [0, 0.05) is 11.4 Å². The summed E-state index contributed by atoms with van der Waals surface area (Å²) in [7, 11) is -3.88. The molecule has 0 radical (unpaired) electrons. The van der Waals surface area contributed by atoms with Crippen LogP contribution >= 0.6 is 11.3 Å². The van der Waals surface area contributed by atoms with E-state index in [-0.39, 0.29) is 11.4 Å². The van der Waals surface area contributed by atoms with Gasteiger partial charge in [0.25, 0.3) is 0 Å². The minimum Gasteiger partial charge on any atom is -0.478 e. The first-order valence-corrected chi connectivity index (χ1v) is 7.81. The molecule has 0 aliphatic carbocycles. The molecule has 0 saturated heterocycles. The molecule has 8 heteroatoms. The van der Waals surface area contributed by atoms with Crippen molar-refractivity contribution >= 4 is 27.3 Å². The summed E-state index contributed by atoms with van der Waals surface area (Å²) in [4.78, 5) is 11.3. The molecule has 0 bridgehead atoms. The molecule has 20 heavy (non-hydrogen) atoms. The Labute approximate surface area is 118 Å². The number of rotatable bonds is 5. The predicted octanol–water partition coefficient (Wildman–Crippen LogP) is 2.06. The molecular weight excluding hydrogens is 305 g/mol. The van der Waals surface area contributed by atoms with Crippen molar-refractivity contribution in [3.63, 3.8) is 0 Å². The molecule has 2 N–H and O–H groups in total. The fourth-order valence-corrected chi connectivity index (χ4v) is 3.27. The van der Waals surface area contributed by atoms with Gasteiger partial charge >= 0.3 is 5.97 Å². The zero-order valence-electron chi connectivity index (χ0n) is 10.0. The normalized spacial score (nSPS) is 11.4. The Kier molecular flexibility index (Phi) is 4.17. The van der Waals surface area contributed by atoms with Crippen LogP contribution in [0.5, 0.6) is 0 Å². The summed E-state index contributed by atoms with van der Waals surface area (Å²) in [5, 5.41) is 10.6. The standard InChI is InChI=1S/C12H10FNO4S2/c13-11-4-3-9(6-10(11)12(15)16)20(17,18)14-7-8-2-1-5-19-8/h1-6,14H,7H2,(H,15,16). The molecule has 1 aromatic carbocycles. The molecule has 106 valence electrons. The molecular formula is C12H10FNO4S2. The van der Waals surface area contributed by atoms with Crippen LogP contribution in [0.25, 0.3) is 0 Å². The van der Waals surface area contributed by atoms with E-state index >= 15 is 0 Å². The van der Waals surface area contributed by atoms with Gasteiger partial charge in [0.1, 0.15) is 5.82 Å². The number of hydrogen-bond acceptors (Lipinski definition) is 4. The molecule has 2 aromatic rings. The van der Waals surface area contributed by atoms with Gasteiger partial charge in [-0.05, 0) is 29.6 Å². The SMILES string of the molecule is O=C(O)c1cc(S(=O)(=O)NCc2cccs2)ccc1F. The van der Waals surface area contributed by atoms with E-state index in [1.807, 2.05) is 5.38 Å². The number of aromatic carboxylic acids is 1. The lowest BCUT2D eigenvalue weighted by Crippen LogP contribution is -2.23. The van der Waals surface area contributed by atoms with Gasteiger partial charge in [-0.25, -0.2) is 22.3 Å². The summed E-state index contributed by atoms with van der Waals surface area (Å²) in [6, 6.07) is 6.20. The predicted molar refractivity (Wildman–Crippen MR) is 71.7 cm³/mol. The number of nitrogens with one attached hydrogen (secondary N) is 1. The van der Waals surface area contributed by atoms with Crippen molar-refractivity contribution in [2.45, 2.75) is 11.4 Å². The summed E-state index contributed by atoms with van der Waals surface area (Å²) < 4.78 is 39.5. The van der Waals surface area contributed by atoms with Crippen LogP contribution in [0, 0.1) is 5.82 Å². The second kappa shape index (κ2) is 5.70. The average Bonchev–Trinajstić information content (AvgIpc) is 2.89. The van der Waals surface area contributed by atoms with E-state index in [0.717, 1.165) is 23.1 Å². The Morgan fingerprint density at radius 1 is 1.35 bits per heavy atom. The summed E-state index contributed by atoms with van der Waals surface area (Å²) in [6.07, 6.45) is 0. The Morgan fingerprint density at radius 3 is 2.70 bits per heavy atom. The third-order valence-electron chi connectivity index (χ3n) is 2.50. The van der Waals surface area contributed by atoms with E-state index in [9.17, 15) is 17.6 Å². The molecule has 0 amide bonds. The summed E-state index contributed by atoms with van der Waals surface area (Å²) in [6.45, 7) is 0.0970. The van der Waals surface area contributed by atoms with Crippen molar-refractivity contribution in [3.05, 3.63) is 52.0 Å². The van der Waals surface area contributed by atoms with Gasteiger partial charge in [-0.3, -0.25) is 0 Å². The van der Waals surface area contributed by atoms with E-state index in [1.54, 1.807) is 12.1 Å². The van der Waals surface area contributed by atoms with Gasteiger partial charge < -0.3 is 5.11 Å². The third-order valence-corrected chi connectivity index (χ3v) is 4.77. The first-order chi connectivity index (χ1) is 9.40. The molecule has 0 aliphatic heterocycles. The van der Waals surface area contributed by atoms with Crippen molar-refractivity contribution < 1.29 is 22.7 Å². The van der Waals surface area contributed by atoms with Crippen LogP contribution in [0.2, 0.25) is 0 Å². The maximum Gasteiger partial charge on any atom is 0.338 e. The minimum atomic E-state index is -3.88. The number of carbonyl (C=O) groups is 1. The van der Waals surface area contributed by atoms with Gasteiger partial charge in [0.2, 0.25) is 10.0 Å². The molecule has 0 fully saturated rings. The molecule has 0 spiro atoms. The van der Waals surface area contributed by atoms with Gasteiger partial charge in [-0.1, -0.05) is 6.07 Å². The highest BCUT2D eigenvalue weighted by atomic mass is 32.2. The first kappa shape index (κ1) is 14.6. The zero-order chi connectivity index (χ0) is 14.8. The minimum absolute atomic E-state index is 0.0970. The zero-order valence-corrected chi connectivity index (χ0v) is 11.7. The van der Waals surface area contributed by atoms with E-state index in [4.69, 9.17) is 5.11 Å². The quantitative estimate of drug-likeness (QED) is 0.884. The Bertz CT molecular complexity index is 726. The van der Waals surface area contributed by atoms with Crippen LogP contribution in [0.4, 0.5) is 4.39 Å². The Balaban J connectivity index is 2.25. The Hall–Kier alpha value is -1.77. The number of hydrogen-bond donors (Lipinski definition) is 2. The van der Waals surface area contributed by atoms with Crippen LogP contribution in [0.15, 0.2) is 40.6 Å². The maximum atomic E-state index is 13.2. The summed E-state index contributed by atoms with van der Waals surface area (Å²) in [5.74, 6) is -2.49. The lowest BCUT2D eigenvalue weighted by atomic mass is 10.2. The van der Waals surface area contributed by atoms with Gasteiger partial charge in [0.15, 0.2) is 0 Å². The van der Waals surface area contributed by atoms with Crippen molar-refractivity contribution in [1.82, 2.24) is 4.72 Å². The molecule has 5 nitrogen and oxygen atoms in total. The molecule has 2 rings (SSSR count). The highest BCUT2D eigenvalue weighted by Crippen LogP contribution is 2.16. The number of carboxylic acids is 1. The number of thiophene rings is 1. The molecule has 1 heterocycles. The van der Waals surface area contributed by atoms with Crippen molar-refractivity contribution in [3.8, 4) is 0 Å². The summed E-state index contributed by atoms with van der Waals surface area (Å²) >= 11 is 1.39. The number of sulfonamides is 1. The van der Waals surface area contributed by atoms with E-state index in [2.05, 4.69) is 4.72 Å². The highest BCUT2D eigenvalue weighted by Gasteiger charge is 2.18. The number of benzene rings is 1. The highest BCUT2D eigenvalue weighted by molar-refractivity contribution is 7.89. The molecule has 1 aromatic heterocycles. The monoisotopic (exact) mass is 315 g/mol. The third kappa shape index (κ3) is 3.21. The molecule has 0 atom stereocenters. The Morgan fingerprint density at radius 2 is 2.10 bits per heavy atom. The largest absolute Gasteiger partial charge is 0.478 e. The fraction of sp³-hybridized carbons (Fsp3) is 0.0833. The van der Waals surface area contributed by atoms with Crippen LogP contribution in [-0.2, 0) is 16.6 Å². The fourth-order valence-electron chi connectivity index (χ4n) is 1.50. The van der Waals surface area contributed by atoms with Crippen LogP contribution < -0.4 is 4.72 Å².